The molecule has 1 aromatic rings. The van der Waals surface area contributed by atoms with E-state index in [1.165, 1.54) is 6.07 Å². The molecule has 1 aromatic carbocycles. The number of fused-ring (bicyclic) bond motifs is 1. The zero-order valence-corrected chi connectivity index (χ0v) is 11.9. The topological polar surface area (TPSA) is 64.1 Å². The fraction of sp³-hybridized carbons (Fsp3) is 0.357. The summed E-state index contributed by atoms with van der Waals surface area (Å²) in [6.45, 7) is -2.39. The number of ether oxygens (including phenoxy) is 3. The summed E-state index contributed by atoms with van der Waals surface area (Å²) < 4.78 is 39.9. The molecule has 1 heterocycles. The van der Waals surface area contributed by atoms with Gasteiger partial charge in [0.2, 0.25) is 6.79 Å². The number of guanidine groups is 1. The lowest BCUT2D eigenvalue weighted by Gasteiger charge is -2.14. The molecular formula is C14H15F2N3O3. The molecule has 0 fully saturated rings. The van der Waals surface area contributed by atoms with Crippen molar-refractivity contribution in [1.82, 2.24) is 10.6 Å². The Labute approximate surface area is 126 Å². The molecule has 8 heteroatoms. The van der Waals surface area contributed by atoms with Crippen molar-refractivity contribution in [2.45, 2.75) is 13.2 Å². The molecule has 22 heavy (non-hydrogen) atoms. The van der Waals surface area contributed by atoms with Crippen LogP contribution < -0.4 is 24.8 Å². The molecular weight excluding hydrogens is 296 g/mol. The number of benzene rings is 1. The molecule has 118 valence electrons. The largest absolute Gasteiger partial charge is 0.454 e. The maximum absolute atomic E-state index is 12.5. The predicted molar refractivity (Wildman–Crippen MR) is 76.2 cm³/mol. The first kappa shape index (κ1) is 15.7. The summed E-state index contributed by atoms with van der Waals surface area (Å²) >= 11 is 0. The van der Waals surface area contributed by atoms with Gasteiger partial charge in [-0.3, -0.25) is 4.99 Å². The molecule has 0 unspecified atom stereocenters. The number of nitrogens with one attached hydrogen (secondary N) is 2. The molecule has 0 aromatic heterocycles. The van der Waals surface area contributed by atoms with Crippen molar-refractivity contribution in [1.29, 1.82) is 0 Å². The molecule has 1 aliphatic heterocycles. The van der Waals surface area contributed by atoms with Crippen LogP contribution in [0.3, 0.4) is 0 Å². The summed E-state index contributed by atoms with van der Waals surface area (Å²) in [4.78, 5) is 3.96. The summed E-state index contributed by atoms with van der Waals surface area (Å²) in [6, 6.07) is 2.96. The van der Waals surface area contributed by atoms with Gasteiger partial charge in [0.25, 0.3) is 0 Å². The standard InChI is InChI=1S/C14H15F2N3O3/c1-3-4-18-14(17-2)19-7-9-5-11-12(21-8-20-11)6-10(9)22-13(15)16/h1,5-6,13H,4,7-8H2,2H3,(H2,17,18,19). The molecule has 2 rings (SSSR count). The Morgan fingerprint density at radius 1 is 1.41 bits per heavy atom. The van der Waals surface area contributed by atoms with Gasteiger partial charge >= 0.3 is 6.61 Å². The Bertz CT molecular complexity index is 600. The molecule has 1 aliphatic rings. The van der Waals surface area contributed by atoms with Crippen LogP contribution in [-0.2, 0) is 6.54 Å². The van der Waals surface area contributed by atoms with Gasteiger partial charge in [0.15, 0.2) is 17.5 Å². The van der Waals surface area contributed by atoms with Crippen molar-refractivity contribution in [3.8, 4) is 29.6 Å². The van der Waals surface area contributed by atoms with Crippen molar-refractivity contribution in [2.24, 2.45) is 4.99 Å². The summed E-state index contributed by atoms with van der Waals surface area (Å²) in [5, 5.41) is 5.81. The molecule has 2 N–H and O–H groups in total. The molecule has 0 aliphatic carbocycles. The maximum Gasteiger partial charge on any atom is 0.387 e. The summed E-state index contributed by atoms with van der Waals surface area (Å²) in [5.74, 6) is 3.71. The van der Waals surface area contributed by atoms with Crippen LogP contribution in [0.2, 0.25) is 0 Å². The number of alkyl halides is 2. The van der Waals surface area contributed by atoms with Crippen LogP contribution in [0, 0.1) is 12.3 Å². The van der Waals surface area contributed by atoms with Crippen LogP contribution in [0.5, 0.6) is 17.2 Å². The Balaban J connectivity index is 2.13. The SMILES string of the molecule is C#CCNC(=NC)NCc1cc2c(cc1OC(F)F)OCO2. The van der Waals surface area contributed by atoms with E-state index in [2.05, 4.69) is 26.3 Å². The lowest BCUT2D eigenvalue weighted by atomic mass is 10.1. The van der Waals surface area contributed by atoms with E-state index in [4.69, 9.17) is 15.9 Å². The van der Waals surface area contributed by atoms with Crippen LogP contribution in [0.25, 0.3) is 0 Å². The van der Waals surface area contributed by atoms with Gasteiger partial charge in [0, 0.05) is 25.2 Å². The number of aliphatic imine (C=N–C) groups is 1. The first-order valence-corrected chi connectivity index (χ1v) is 6.39. The fourth-order valence-electron chi connectivity index (χ4n) is 1.84. The van der Waals surface area contributed by atoms with Crippen LogP contribution in [-0.4, -0.2) is 33.0 Å². The van der Waals surface area contributed by atoms with Gasteiger partial charge < -0.3 is 24.8 Å². The smallest absolute Gasteiger partial charge is 0.387 e. The van der Waals surface area contributed by atoms with Gasteiger partial charge in [-0.1, -0.05) is 5.92 Å². The average Bonchev–Trinajstić information content (AvgIpc) is 2.94. The minimum Gasteiger partial charge on any atom is -0.454 e. The fourth-order valence-corrected chi connectivity index (χ4v) is 1.84. The van der Waals surface area contributed by atoms with E-state index < -0.39 is 6.61 Å². The van der Waals surface area contributed by atoms with Crippen molar-refractivity contribution >= 4 is 5.96 Å². The highest BCUT2D eigenvalue weighted by Crippen LogP contribution is 2.38. The second-order valence-corrected chi connectivity index (χ2v) is 4.18. The van der Waals surface area contributed by atoms with E-state index in [-0.39, 0.29) is 19.1 Å². The van der Waals surface area contributed by atoms with E-state index in [1.54, 1.807) is 13.1 Å². The second-order valence-electron chi connectivity index (χ2n) is 4.18. The van der Waals surface area contributed by atoms with Crippen molar-refractivity contribution in [3.05, 3.63) is 17.7 Å². The number of halogens is 2. The third-order valence-electron chi connectivity index (χ3n) is 2.80. The quantitative estimate of drug-likeness (QED) is 0.488. The van der Waals surface area contributed by atoms with Gasteiger partial charge in [-0.2, -0.15) is 8.78 Å². The van der Waals surface area contributed by atoms with E-state index in [0.717, 1.165) is 0 Å². The highest BCUT2D eigenvalue weighted by Gasteiger charge is 2.20. The molecule has 0 spiro atoms. The summed E-state index contributed by atoms with van der Waals surface area (Å²) in [6.07, 6.45) is 5.15. The van der Waals surface area contributed by atoms with Crippen molar-refractivity contribution < 1.29 is 23.0 Å². The van der Waals surface area contributed by atoms with Gasteiger partial charge in [0.05, 0.1) is 6.54 Å². The van der Waals surface area contributed by atoms with E-state index in [9.17, 15) is 8.78 Å². The Hall–Kier alpha value is -2.69. The Kier molecular flexibility index (Phi) is 5.25. The Morgan fingerprint density at radius 2 is 2.14 bits per heavy atom. The third-order valence-corrected chi connectivity index (χ3v) is 2.80. The second kappa shape index (κ2) is 7.36. The number of hydrogen-bond acceptors (Lipinski definition) is 4. The van der Waals surface area contributed by atoms with Gasteiger partial charge in [-0.05, 0) is 6.07 Å². The number of nitrogens with zero attached hydrogens (tertiary/aromatic N) is 1. The van der Waals surface area contributed by atoms with Crippen LogP contribution >= 0.6 is 0 Å². The molecule has 0 saturated heterocycles. The number of terminal acetylenes is 1. The van der Waals surface area contributed by atoms with E-state index >= 15 is 0 Å². The monoisotopic (exact) mass is 311 g/mol. The third kappa shape index (κ3) is 3.91. The zero-order chi connectivity index (χ0) is 15.9. The zero-order valence-electron chi connectivity index (χ0n) is 11.9. The van der Waals surface area contributed by atoms with Crippen molar-refractivity contribution in [2.75, 3.05) is 20.4 Å². The predicted octanol–water partition coefficient (Wildman–Crippen LogP) is 1.31. The Morgan fingerprint density at radius 3 is 2.77 bits per heavy atom. The summed E-state index contributed by atoms with van der Waals surface area (Å²) in [7, 11) is 1.57. The van der Waals surface area contributed by atoms with Gasteiger partial charge in [-0.15, -0.1) is 6.42 Å². The average molecular weight is 311 g/mol. The van der Waals surface area contributed by atoms with Crippen LogP contribution in [0.15, 0.2) is 17.1 Å². The number of rotatable bonds is 5. The molecule has 0 bridgehead atoms. The van der Waals surface area contributed by atoms with Crippen LogP contribution in [0.4, 0.5) is 8.78 Å². The first-order chi connectivity index (χ1) is 10.6. The molecule has 0 radical (unpaired) electrons. The molecule has 6 nitrogen and oxygen atoms in total. The lowest BCUT2D eigenvalue weighted by Crippen LogP contribution is -2.37. The molecule has 0 amide bonds. The minimum absolute atomic E-state index is 0.0131. The highest BCUT2D eigenvalue weighted by atomic mass is 19.3. The van der Waals surface area contributed by atoms with E-state index in [1.807, 2.05) is 0 Å². The normalized spacial score (nSPS) is 13.0. The van der Waals surface area contributed by atoms with Gasteiger partial charge in [-0.25, -0.2) is 0 Å². The lowest BCUT2D eigenvalue weighted by molar-refractivity contribution is -0.0505. The van der Waals surface area contributed by atoms with Crippen molar-refractivity contribution in [3.63, 3.8) is 0 Å². The number of hydrogen-bond donors (Lipinski definition) is 2. The highest BCUT2D eigenvalue weighted by molar-refractivity contribution is 5.80. The first-order valence-electron chi connectivity index (χ1n) is 6.39. The maximum atomic E-state index is 12.5. The molecule has 0 saturated carbocycles. The minimum atomic E-state index is -2.93. The van der Waals surface area contributed by atoms with Gasteiger partial charge in [0.1, 0.15) is 5.75 Å². The van der Waals surface area contributed by atoms with E-state index in [0.29, 0.717) is 29.6 Å². The summed E-state index contributed by atoms with van der Waals surface area (Å²) in [5.41, 5.74) is 0.480. The van der Waals surface area contributed by atoms with Crippen LogP contribution in [0.1, 0.15) is 5.56 Å². The molecule has 0 atom stereocenters.